The van der Waals surface area contributed by atoms with E-state index in [0.29, 0.717) is 28.4 Å². The van der Waals surface area contributed by atoms with Crippen LogP contribution in [0.2, 0.25) is 0 Å². The zero-order chi connectivity index (χ0) is 18.3. The molecule has 6 nitrogen and oxygen atoms in total. The number of aromatic nitrogens is 1. The molecule has 0 aliphatic rings. The van der Waals surface area contributed by atoms with Gasteiger partial charge in [-0.25, -0.2) is 0 Å². The highest BCUT2D eigenvalue weighted by molar-refractivity contribution is 5.87. The van der Waals surface area contributed by atoms with Crippen molar-refractivity contribution < 1.29 is 19.4 Å². The Hall–Kier alpha value is -3.09. The Balaban J connectivity index is 1.75. The number of nitrogens with one attached hydrogen (secondary N) is 1. The minimum atomic E-state index is -0.792. The number of aromatic hydroxyl groups is 1. The summed E-state index contributed by atoms with van der Waals surface area (Å²) in [6.45, 7) is 1.82. The minimum Gasteiger partial charge on any atom is -0.508 e. The number of pyridine rings is 1. The van der Waals surface area contributed by atoms with Gasteiger partial charge in [-0.3, -0.25) is 10.3 Å². The maximum Gasteiger partial charge on any atom is 0.138 e. The molecule has 4 rings (SSSR count). The molecular formula is C20H18N2O4. The number of hydrogen-bond donors (Lipinski definition) is 3. The highest BCUT2D eigenvalue weighted by Gasteiger charge is 2.18. The maximum absolute atomic E-state index is 10.1. The number of phenols is 1. The number of aliphatic hydroxyl groups is 1. The van der Waals surface area contributed by atoms with Crippen LogP contribution in [0.1, 0.15) is 17.6 Å². The van der Waals surface area contributed by atoms with Crippen molar-refractivity contribution in [3.8, 4) is 17.2 Å². The van der Waals surface area contributed by atoms with Crippen LogP contribution in [0.15, 0.2) is 53.1 Å². The van der Waals surface area contributed by atoms with Crippen LogP contribution in [0.5, 0.6) is 17.2 Å². The van der Waals surface area contributed by atoms with Crippen LogP contribution < -0.4 is 10.1 Å². The molecule has 2 heterocycles. The van der Waals surface area contributed by atoms with Crippen molar-refractivity contribution in [1.29, 1.82) is 0 Å². The third-order valence-corrected chi connectivity index (χ3v) is 4.35. The number of aliphatic hydroxyl groups excluding tert-OH is 1. The summed E-state index contributed by atoms with van der Waals surface area (Å²) in [5.74, 6) is 2.06. The number of fused-ring (bicyclic) bond motifs is 2. The molecule has 0 aliphatic carbocycles. The van der Waals surface area contributed by atoms with E-state index in [2.05, 4.69) is 10.3 Å². The standard InChI is InChI=1S/C20H18N2O4/c1-11-19(20(24)21-2)15-6-4-13(10-18(15)25-11)26-17-7-8-22-16-9-12(23)3-5-14(16)17/h3-10,20-21,23-24H,1-2H3. The molecule has 0 spiro atoms. The van der Waals surface area contributed by atoms with Crippen molar-refractivity contribution in [2.45, 2.75) is 13.2 Å². The number of nitrogens with zero attached hydrogens (tertiary/aromatic N) is 1. The van der Waals surface area contributed by atoms with Gasteiger partial charge in [-0.05, 0) is 44.3 Å². The fourth-order valence-electron chi connectivity index (χ4n) is 3.09. The molecule has 2 aromatic carbocycles. The number of phenolic OH excluding ortho intramolecular Hbond substituents is 1. The van der Waals surface area contributed by atoms with E-state index in [1.807, 2.05) is 19.1 Å². The SMILES string of the molecule is CNC(O)c1c(C)oc2cc(Oc3ccnc4cc(O)ccc34)ccc12. The van der Waals surface area contributed by atoms with Crippen molar-refractivity contribution in [2.24, 2.45) is 0 Å². The number of rotatable bonds is 4. The van der Waals surface area contributed by atoms with Gasteiger partial charge >= 0.3 is 0 Å². The molecule has 1 atom stereocenters. The maximum atomic E-state index is 10.1. The van der Waals surface area contributed by atoms with E-state index < -0.39 is 6.23 Å². The van der Waals surface area contributed by atoms with Gasteiger partial charge in [0.25, 0.3) is 0 Å². The first-order valence-corrected chi connectivity index (χ1v) is 8.21. The predicted octanol–water partition coefficient (Wildman–Crippen LogP) is 4.00. The summed E-state index contributed by atoms with van der Waals surface area (Å²) in [5, 5.41) is 24.2. The lowest BCUT2D eigenvalue weighted by Crippen LogP contribution is -2.15. The monoisotopic (exact) mass is 350 g/mol. The molecule has 6 heteroatoms. The van der Waals surface area contributed by atoms with Gasteiger partial charge in [-0.15, -0.1) is 0 Å². The quantitative estimate of drug-likeness (QED) is 0.482. The summed E-state index contributed by atoms with van der Waals surface area (Å²) >= 11 is 0. The molecule has 0 radical (unpaired) electrons. The average Bonchev–Trinajstić information content (AvgIpc) is 2.96. The lowest BCUT2D eigenvalue weighted by Gasteiger charge is -2.10. The molecule has 1 unspecified atom stereocenters. The minimum absolute atomic E-state index is 0.158. The summed E-state index contributed by atoms with van der Waals surface area (Å²) in [7, 11) is 1.69. The first kappa shape index (κ1) is 16.4. The van der Waals surface area contributed by atoms with Crippen LogP contribution in [-0.2, 0) is 0 Å². The Morgan fingerprint density at radius 2 is 1.92 bits per heavy atom. The third kappa shape index (κ3) is 2.75. The number of furan rings is 1. The molecule has 0 amide bonds. The Labute approximate surface area is 149 Å². The average molecular weight is 350 g/mol. The van der Waals surface area contributed by atoms with Gasteiger partial charge < -0.3 is 19.4 Å². The number of aryl methyl sites for hydroxylation is 1. The molecule has 0 bridgehead atoms. The van der Waals surface area contributed by atoms with Crippen LogP contribution in [0.3, 0.4) is 0 Å². The summed E-state index contributed by atoms with van der Waals surface area (Å²) in [6, 6.07) is 12.2. The largest absolute Gasteiger partial charge is 0.508 e. The lowest BCUT2D eigenvalue weighted by molar-refractivity contribution is 0.148. The predicted molar refractivity (Wildman–Crippen MR) is 98.5 cm³/mol. The molecule has 132 valence electrons. The highest BCUT2D eigenvalue weighted by atomic mass is 16.5. The summed E-state index contributed by atoms with van der Waals surface area (Å²) < 4.78 is 11.8. The Kier molecular flexibility index (Phi) is 3.99. The second kappa shape index (κ2) is 6.33. The van der Waals surface area contributed by atoms with Gasteiger partial charge in [0, 0.05) is 34.7 Å². The molecule has 4 aromatic rings. The van der Waals surface area contributed by atoms with Crippen LogP contribution >= 0.6 is 0 Å². The fraction of sp³-hybridized carbons (Fsp3) is 0.150. The first-order chi connectivity index (χ1) is 12.6. The molecule has 3 N–H and O–H groups in total. The van der Waals surface area contributed by atoms with Crippen molar-refractivity contribution in [1.82, 2.24) is 10.3 Å². The molecule has 2 aromatic heterocycles. The second-order valence-electron chi connectivity index (χ2n) is 6.03. The van der Waals surface area contributed by atoms with Crippen LogP contribution in [-0.4, -0.2) is 22.2 Å². The van der Waals surface area contributed by atoms with Crippen LogP contribution in [0.25, 0.3) is 21.9 Å². The number of hydrogen-bond acceptors (Lipinski definition) is 6. The van der Waals surface area contributed by atoms with Gasteiger partial charge in [0.05, 0.1) is 5.52 Å². The number of ether oxygens (including phenoxy) is 1. The van der Waals surface area contributed by atoms with Crippen molar-refractivity contribution in [2.75, 3.05) is 7.05 Å². The summed E-state index contributed by atoms with van der Waals surface area (Å²) in [6.07, 6.45) is 0.841. The zero-order valence-corrected chi connectivity index (χ0v) is 14.4. The molecule has 0 saturated carbocycles. The third-order valence-electron chi connectivity index (χ3n) is 4.35. The number of benzene rings is 2. The topological polar surface area (TPSA) is 87.8 Å². The fourth-order valence-corrected chi connectivity index (χ4v) is 3.09. The summed E-state index contributed by atoms with van der Waals surface area (Å²) in [4.78, 5) is 4.24. The Morgan fingerprint density at radius 1 is 1.12 bits per heavy atom. The van der Waals surface area contributed by atoms with E-state index in [1.165, 1.54) is 0 Å². The van der Waals surface area contributed by atoms with E-state index in [1.54, 1.807) is 43.6 Å². The smallest absolute Gasteiger partial charge is 0.138 e. The first-order valence-electron chi connectivity index (χ1n) is 8.21. The van der Waals surface area contributed by atoms with E-state index in [4.69, 9.17) is 9.15 Å². The highest BCUT2D eigenvalue weighted by Crippen LogP contribution is 2.35. The molecule has 0 fully saturated rings. The Morgan fingerprint density at radius 3 is 2.73 bits per heavy atom. The molecule has 0 aliphatic heterocycles. The van der Waals surface area contributed by atoms with Crippen molar-refractivity contribution in [3.63, 3.8) is 0 Å². The zero-order valence-electron chi connectivity index (χ0n) is 14.4. The van der Waals surface area contributed by atoms with E-state index in [9.17, 15) is 10.2 Å². The van der Waals surface area contributed by atoms with Crippen molar-refractivity contribution in [3.05, 3.63) is 60.0 Å². The van der Waals surface area contributed by atoms with Gasteiger partial charge in [0.2, 0.25) is 0 Å². The van der Waals surface area contributed by atoms with Gasteiger partial charge in [-0.1, -0.05) is 0 Å². The second-order valence-corrected chi connectivity index (χ2v) is 6.03. The Bertz CT molecular complexity index is 1100. The van der Waals surface area contributed by atoms with E-state index >= 15 is 0 Å². The van der Waals surface area contributed by atoms with Gasteiger partial charge in [-0.2, -0.15) is 0 Å². The molecule has 26 heavy (non-hydrogen) atoms. The van der Waals surface area contributed by atoms with Gasteiger partial charge in [0.15, 0.2) is 0 Å². The van der Waals surface area contributed by atoms with Crippen LogP contribution in [0, 0.1) is 6.92 Å². The molecular weight excluding hydrogens is 332 g/mol. The van der Waals surface area contributed by atoms with E-state index in [-0.39, 0.29) is 5.75 Å². The normalized spacial score (nSPS) is 12.6. The van der Waals surface area contributed by atoms with Crippen molar-refractivity contribution >= 4 is 21.9 Å². The summed E-state index contributed by atoms with van der Waals surface area (Å²) in [5.41, 5.74) is 2.01. The lowest BCUT2D eigenvalue weighted by atomic mass is 10.1. The van der Waals surface area contributed by atoms with Crippen LogP contribution in [0.4, 0.5) is 0 Å². The van der Waals surface area contributed by atoms with Gasteiger partial charge in [0.1, 0.15) is 34.8 Å². The molecule has 0 saturated heterocycles. The van der Waals surface area contributed by atoms with E-state index in [0.717, 1.165) is 16.3 Å².